The van der Waals surface area contributed by atoms with Crippen molar-refractivity contribution in [3.63, 3.8) is 0 Å². The second-order valence-corrected chi connectivity index (χ2v) is 8.36. The number of hydrogen-bond acceptors (Lipinski definition) is 4. The number of carbonyl (C=O) groups is 1. The Morgan fingerprint density at radius 3 is 2.78 bits per heavy atom. The van der Waals surface area contributed by atoms with Crippen molar-refractivity contribution in [2.75, 3.05) is 6.54 Å². The standard InChI is InChI=1S/C21H29N3O2S/c1-2-3-5-16-7-9-17(10-8-16)21(26)22-13-14-24-20(25)12-11-18(23-24)19-6-4-15-27-19/h4,6,11-12,15-17H,2-3,5,7-10,13-14H2,1H3,(H,22,26). The highest BCUT2D eigenvalue weighted by molar-refractivity contribution is 7.13. The molecule has 5 nitrogen and oxygen atoms in total. The lowest BCUT2D eigenvalue weighted by molar-refractivity contribution is -0.126. The third kappa shape index (κ3) is 5.51. The van der Waals surface area contributed by atoms with Crippen molar-refractivity contribution < 1.29 is 4.79 Å². The maximum Gasteiger partial charge on any atom is 0.266 e. The molecule has 2 aromatic heterocycles. The van der Waals surface area contributed by atoms with Crippen molar-refractivity contribution >= 4 is 17.2 Å². The quantitative estimate of drug-likeness (QED) is 0.742. The monoisotopic (exact) mass is 387 g/mol. The van der Waals surface area contributed by atoms with Crippen LogP contribution in [0.1, 0.15) is 51.9 Å². The smallest absolute Gasteiger partial charge is 0.266 e. The van der Waals surface area contributed by atoms with Crippen LogP contribution in [0.2, 0.25) is 0 Å². The summed E-state index contributed by atoms with van der Waals surface area (Å²) in [5, 5.41) is 9.42. The van der Waals surface area contributed by atoms with E-state index in [4.69, 9.17) is 0 Å². The minimum Gasteiger partial charge on any atom is -0.354 e. The van der Waals surface area contributed by atoms with Gasteiger partial charge in [-0.1, -0.05) is 32.3 Å². The van der Waals surface area contributed by atoms with Crippen LogP contribution in [0.5, 0.6) is 0 Å². The van der Waals surface area contributed by atoms with Gasteiger partial charge in [-0.25, -0.2) is 4.68 Å². The fourth-order valence-corrected chi connectivity index (χ4v) is 4.49. The fourth-order valence-electron chi connectivity index (χ4n) is 3.80. The molecule has 1 N–H and O–H groups in total. The molecule has 3 rings (SSSR count). The Bertz CT molecular complexity index is 777. The van der Waals surface area contributed by atoms with Crippen LogP contribution in [0.25, 0.3) is 10.6 Å². The number of unbranched alkanes of at least 4 members (excludes halogenated alkanes) is 1. The van der Waals surface area contributed by atoms with Crippen LogP contribution < -0.4 is 10.9 Å². The molecule has 1 aliphatic rings. The summed E-state index contributed by atoms with van der Waals surface area (Å²) in [5.74, 6) is 1.06. The first-order chi connectivity index (χ1) is 13.2. The second kappa shape index (κ2) is 9.83. The molecular formula is C21H29N3O2S. The molecule has 0 atom stereocenters. The van der Waals surface area contributed by atoms with E-state index < -0.39 is 0 Å². The van der Waals surface area contributed by atoms with Gasteiger partial charge in [0.2, 0.25) is 5.91 Å². The van der Waals surface area contributed by atoms with Crippen LogP contribution in [0, 0.1) is 11.8 Å². The first-order valence-corrected chi connectivity index (χ1v) is 10.9. The number of hydrogen-bond donors (Lipinski definition) is 1. The highest BCUT2D eigenvalue weighted by Gasteiger charge is 2.25. The van der Waals surface area contributed by atoms with Crippen molar-refractivity contribution in [2.45, 2.75) is 58.4 Å². The number of aromatic nitrogens is 2. The SMILES string of the molecule is CCCCC1CCC(C(=O)NCCn2nc(-c3cccs3)ccc2=O)CC1. The molecule has 2 aromatic rings. The lowest BCUT2D eigenvalue weighted by atomic mass is 9.79. The summed E-state index contributed by atoms with van der Waals surface area (Å²) >= 11 is 1.60. The average molecular weight is 388 g/mol. The average Bonchev–Trinajstić information content (AvgIpc) is 3.23. The molecule has 0 saturated heterocycles. The number of rotatable bonds is 8. The van der Waals surface area contributed by atoms with E-state index in [2.05, 4.69) is 17.3 Å². The molecule has 6 heteroatoms. The van der Waals surface area contributed by atoms with Gasteiger partial charge >= 0.3 is 0 Å². The minimum absolute atomic E-state index is 0.130. The predicted molar refractivity (Wildman–Crippen MR) is 110 cm³/mol. The van der Waals surface area contributed by atoms with Gasteiger partial charge in [0.05, 0.1) is 11.4 Å². The van der Waals surface area contributed by atoms with E-state index in [1.54, 1.807) is 23.5 Å². The predicted octanol–water partition coefficient (Wildman–Crippen LogP) is 4.08. The first-order valence-electron chi connectivity index (χ1n) is 10.1. The first kappa shape index (κ1) is 19.8. The van der Waals surface area contributed by atoms with Crippen LogP contribution in [0.3, 0.4) is 0 Å². The van der Waals surface area contributed by atoms with Gasteiger partial charge in [0.25, 0.3) is 5.56 Å². The molecule has 1 fully saturated rings. The van der Waals surface area contributed by atoms with Crippen molar-refractivity contribution in [3.05, 3.63) is 40.0 Å². The van der Waals surface area contributed by atoms with Crippen LogP contribution >= 0.6 is 11.3 Å². The summed E-state index contributed by atoms with van der Waals surface area (Å²) in [7, 11) is 0. The van der Waals surface area contributed by atoms with Crippen LogP contribution in [-0.4, -0.2) is 22.2 Å². The zero-order valence-electron chi connectivity index (χ0n) is 16.0. The Kier molecular flexibility index (Phi) is 7.21. The maximum absolute atomic E-state index is 12.4. The van der Waals surface area contributed by atoms with E-state index in [0.717, 1.165) is 29.3 Å². The molecule has 146 valence electrons. The number of thiophene rings is 1. The van der Waals surface area contributed by atoms with E-state index in [0.29, 0.717) is 13.1 Å². The Labute approximate surface area is 164 Å². The Morgan fingerprint density at radius 1 is 1.26 bits per heavy atom. The number of nitrogens with one attached hydrogen (secondary N) is 1. The highest BCUT2D eigenvalue weighted by atomic mass is 32.1. The number of amides is 1. The van der Waals surface area contributed by atoms with Crippen LogP contribution in [0.15, 0.2) is 34.4 Å². The summed E-state index contributed by atoms with van der Waals surface area (Å²) in [6.07, 6.45) is 8.18. The van der Waals surface area contributed by atoms with Gasteiger partial charge in [-0.15, -0.1) is 11.3 Å². The summed E-state index contributed by atoms with van der Waals surface area (Å²) in [5.41, 5.74) is 0.655. The van der Waals surface area contributed by atoms with Gasteiger partial charge in [-0.3, -0.25) is 9.59 Å². The molecule has 0 aromatic carbocycles. The summed E-state index contributed by atoms with van der Waals surface area (Å²) in [6.45, 7) is 3.07. The largest absolute Gasteiger partial charge is 0.354 e. The normalized spacial score (nSPS) is 19.7. The third-order valence-corrected chi connectivity index (χ3v) is 6.34. The Balaban J connectivity index is 1.47. The maximum atomic E-state index is 12.4. The molecule has 0 radical (unpaired) electrons. The summed E-state index contributed by atoms with van der Waals surface area (Å²) in [4.78, 5) is 25.5. The third-order valence-electron chi connectivity index (χ3n) is 5.45. The van der Waals surface area contributed by atoms with Gasteiger partial charge in [0, 0.05) is 18.5 Å². The van der Waals surface area contributed by atoms with E-state index in [9.17, 15) is 9.59 Å². The van der Waals surface area contributed by atoms with Crippen molar-refractivity contribution in [1.82, 2.24) is 15.1 Å². The number of nitrogens with zero attached hydrogens (tertiary/aromatic N) is 2. The van der Waals surface area contributed by atoms with Gasteiger partial charge in [0.1, 0.15) is 5.69 Å². The second-order valence-electron chi connectivity index (χ2n) is 7.41. The molecule has 27 heavy (non-hydrogen) atoms. The molecular weight excluding hydrogens is 358 g/mol. The number of carbonyl (C=O) groups excluding carboxylic acids is 1. The van der Waals surface area contributed by atoms with Crippen molar-refractivity contribution in [3.8, 4) is 10.6 Å². The zero-order valence-corrected chi connectivity index (χ0v) is 16.8. The lowest BCUT2D eigenvalue weighted by Crippen LogP contribution is -2.36. The van der Waals surface area contributed by atoms with Crippen LogP contribution in [-0.2, 0) is 11.3 Å². The van der Waals surface area contributed by atoms with E-state index in [-0.39, 0.29) is 17.4 Å². The summed E-state index contributed by atoms with van der Waals surface area (Å²) < 4.78 is 1.44. The van der Waals surface area contributed by atoms with Crippen LogP contribution in [0.4, 0.5) is 0 Å². The van der Waals surface area contributed by atoms with Gasteiger partial charge in [-0.05, 0) is 49.1 Å². The Hall–Kier alpha value is -1.95. The summed E-state index contributed by atoms with van der Waals surface area (Å²) in [6, 6.07) is 7.25. The molecule has 1 saturated carbocycles. The topological polar surface area (TPSA) is 64.0 Å². The fraction of sp³-hybridized carbons (Fsp3) is 0.571. The van der Waals surface area contributed by atoms with Gasteiger partial charge in [0.15, 0.2) is 0 Å². The lowest BCUT2D eigenvalue weighted by Gasteiger charge is -2.27. The van der Waals surface area contributed by atoms with E-state index in [1.807, 2.05) is 17.5 Å². The highest BCUT2D eigenvalue weighted by Crippen LogP contribution is 2.31. The molecule has 2 heterocycles. The van der Waals surface area contributed by atoms with Crippen molar-refractivity contribution in [1.29, 1.82) is 0 Å². The molecule has 1 aliphatic carbocycles. The van der Waals surface area contributed by atoms with E-state index >= 15 is 0 Å². The minimum atomic E-state index is -0.138. The molecule has 0 unspecified atom stereocenters. The molecule has 1 amide bonds. The Morgan fingerprint density at radius 2 is 2.07 bits per heavy atom. The zero-order chi connectivity index (χ0) is 19.1. The van der Waals surface area contributed by atoms with Crippen molar-refractivity contribution in [2.24, 2.45) is 11.8 Å². The molecule has 0 aliphatic heterocycles. The molecule has 0 spiro atoms. The van der Waals surface area contributed by atoms with E-state index in [1.165, 1.54) is 36.8 Å². The molecule has 0 bridgehead atoms. The van der Waals surface area contributed by atoms with Gasteiger partial charge < -0.3 is 5.32 Å². The van der Waals surface area contributed by atoms with Gasteiger partial charge in [-0.2, -0.15) is 5.10 Å².